The van der Waals surface area contributed by atoms with E-state index in [1.807, 2.05) is 0 Å². The molecule has 1 aliphatic heterocycles. The van der Waals surface area contributed by atoms with Crippen LogP contribution in [0.1, 0.15) is 0 Å². The van der Waals surface area contributed by atoms with Crippen LogP contribution >= 0.6 is 0 Å². The minimum absolute atomic E-state index is 0.272. The normalized spacial score (nSPS) is 15.3. The van der Waals surface area contributed by atoms with E-state index in [1.54, 1.807) is 6.20 Å². The number of nitrogens with two attached hydrogens (primary N) is 1. The predicted octanol–water partition coefficient (Wildman–Crippen LogP) is 0.311. The first-order valence-electron chi connectivity index (χ1n) is 4.71. The van der Waals surface area contributed by atoms with Gasteiger partial charge in [-0.25, -0.2) is 0 Å². The number of aromatic nitrogens is 4. The number of nitrogens with one attached hydrogen (secondary N) is 1. The summed E-state index contributed by atoms with van der Waals surface area (Å²) in [6.07, 6.45) is 5.93. The fourth-order valence-corrected chi connectivity index (χ4v) is 1.73. The van der Waals surface area contributed by atoms with Gasteiger partial charge in [-0.1, -0.05) is 12.2 Å². The van der Waals surface area contributed by atoms with Crippen LogP contribution in [0, 0.1) is 0 Å². The Morgan fingerprint density at radius 3 is 2.87 bits per heavy atom. The van der Waals surface area contributed by atoms with Gasteiger partial charge in [-0.2, -0.15) is 15.1 Å². The number of H-pyrrole nitrogens is 1. The van der Waals surface area contributed by atoms with Gasteiger partial charge < -0.3 is 10.6 Å². The van der Waals surface area contributed by atoms with Crippen molar-refractivity contribution in [2.45, 2.75) is 0 Å². The molecule has 15 heavy (non-hydrogen) atoms. The Balaban J connectivity index is 2.19. The Kier molecular flexibility index (Phi) is 1.61. The number of nitrogen functional groups attached to an aromatic ring is 1. The van der Waals surface area contributed by atoms with E-state index < -0.39 is 0 Å². The van der Waals surface area contributed by atoms with Gasteiger partial charge in [0.25, 0.3) is 0 Å². The lowest BCUT2D eigenvalue weighted by Crippen LogP contribution is -2.20. The summed E-state index contributed by atoms with van der Waals surface area (Å²) in [4.78, 5) is 10.4. The molecule has 1 aliphatic rings. The predicted molar refractivity (Wildman–Crippen MR) is 57.4 cm³/mol. The van der Waals surface area contributed by atoms with Crippen LogP contribution in [-0.4, -0.2) is 33.3 Å². The van der Waals surface area contributed by atoms with E-state index in [4.69, 9.17) is 5.73 Å². The third-order valence-corrected chi connectivity index (χ3v) is 2.42. The third kappa shape index (κ3) is 1.22. The Bertz CT molecular complexity index is 520. The van der Waals surface area contributed by atoms with E-state index in [2.05, 4.69) is 37.2 Å². The maximum Gasteiger partial charge on any atom is 0.224 e. The van der Waals surface area contributed by atoms with E-state index in [1.165, 1.54) is 0 Å². The van der Waals surface area contributed by atoms with Crippen molar-refractivity contribution in [1.82, 2.24) is 20.2 Å². The number of aromatic amines is 1. The summed E-state index contributed by atoms with van der Waals surface area (Å²) in [5, 5.41) is 7.65. The van der Waals surface area contributed by atoms with Gasteiger partial charge in [0.05, 0.1) is 11.6 Å². The van der Waals surface area contributed by atoms with Gasteiger partial charge >= 0.3 is 0 Å². The van der Waals surface area contributed by atoms with Crippen molar-refractivity contribution in [3.8, 4) is 0 Å². The molecule has 2 aromatic heterocycles. The van der Waals surface area contributed by atoms with Crippen molar-refractivity contribution >= 4 is 22.8 Å². The number of rotatable bonds is 1. The molecule has 0 saturated carbocycles. The molecular formula is C9H10N6. The van der Waals surface area contributed by atoms with Gasteiger partial charge in [-0.15, -0.1) is 0 Å². The van der Waals surface area contributed by atoms with E-state index in [0.29, 0.717) is 5.65 Å². The molecule has 2 aromatic rings. The minimum Gasteiger partial charge on any atom is -0.368 e. The first kappa shape index (κ1) is 8.22. The van der Waals surface area contributed by atoms with Gasteiger partial charge in [0, 0.05) is 13.1 Å². The second-order valence-corrected chi connectivity index (χ2v) is 3.41. The maximum absolute atomic E-state index is 5.63. The van der Waals surface area contributed by atoms with Crippen molar-refractivity contribution in [2.75, 3.05) is 23.7 Å². The monoisotopic (exact) mass is 202 g/mol. The maximum atomic E-state index is 5.63. The summed E-state index contributed by atoms with van der Waals surface area (Å²) in [5.74, 6) is 1.12. The molecule has 76 valence electrons. The number of anilines is 2. The smallest absolute Gasteiger partial charge is 0.224 e. The largest absolute Gasteiger partial charge is 0.368 e. The second-order valence-electron chi connectivity index (χ2n) is 3.41. The van der Waals surface area contributed by atoms with Crippen LogP contribution in [0.15, 0.2) is 18.3 Å². The van der Waals surface area contributed by atoms with Gasteiger partial charge in [-0.05, 0) is 0 Å². The van der Waals surface area contributed by atoms with Gasteiger partial charge in [0.15, 0.2) is 5.65 Å². The second kappa shape index (κ2) is 2.94. The van der Waals surface area contributed by atoms with Crippen LogP contribution in [0.3, 0.4) is 0 Å². The molecule has 0 unspecified atom stereocenters. The van der Waals surface area contributed by atoms with Crippen molar-refractivity contribution in [2.24, 2.45) is 0 Å². The summed E-state index contributed by atoms with van der Waals surface area (Å²) in [5.41, 5.74) is 6.32. The summed E-state index contributed by atoms with van der Waals surface area (Å²) in [7, 11) is 0. The van der Waals surface area contributed by atoms with Crippen molar-refractivity contribution in [1.29, 1.82) is 0 Å². The Hall–Kier alpha value is -2.11. The average Bonchev–Trinajstić information content (AvgIpc) is 2.86. The topological polar surface area (TPSA) is 83.7 Å². The molecule has 0 fully saturated rings. The zero-order valence-electron chi connectivity index (χ0n) is 8.01. The van der Waals surface area contributed by atoms with E-state index in [0.717, 1.165) is 24.3 Å². The highest BCUT2D eigenvalue weighted by Gasteiger charge is 2.15. The van der Waals surface area contributed by atoms with Crippen LogP contribution < -0.4 is 10.6 Å². The zero-order valence-corrected chi connectivity index (χ0v) is 8.01. The Morgan fingerprint density at radius 2 is 2.07 bits per heavy atom. The number of hydrogen-bond acceptors (Lipinski definition) is 5. The molecule has 6 nitrogen and oxygen atoms in total. The van der Waals surface area contributed by atoms with Crippen molar-refractivity contribution < 1.29 is 0 Å². The van der Waals surface area contributed by atoms with E-state index in [-0.39, 0.29) is 5.95 Å². The molecule has 0 spiro atoms. The molecule has 3 rings (SSSR count). The highest BCUT2D eigenvalue weighted by molar-refractivity contribution is 5.87. The van der Waals surface area contributed by atoms with Crippen molar-refractivity contribution in [3.63, 3.8) is 0 Å². The van der Waals surface area contributed by atoms with Crippen LogP contribution in [0.2, 0.25) is 0 Å². The number of nitrogens with zero attached hydrogens (tertiary/aromatic N) is 4. The quantitative estimate of drug-likeness (QED) is 0.650. The Labute approximate surface area is 85.8 Å². The molecule has 3 heterocycles. The molecule has 6 heteroatoms. The molecule has 0 saturated heterocycles. The molecule has 0 atom stereocenters. The van der Waals surface area contributed by atoms with Crippen molar-refractivity contribution in [3.05, 3.63) is 18.3 Å². The van der Waals surface area contributed by atoms with Gasteiger partial charge in [0.1, 0.15) is 5.82 Å². The minimum atomic E-state index is 0.272. The molecule has 0 aliphatic carbocycles. The molecule has 3 N–H and O–H groups in total. The first-order valence-corrected chi connectivity index (χ1v) is 4.71. The lowest BCUT2D eigenvalue weighted by atomic mass is 10.3. The van der Waals surface area contributed by atoms with Gasteiger partial charge in [0.2, 0.25) is 5.95 Å². The molecule has 0 radical (unpaired) electrons. The average molecular weight is 202 g/mol. The molecule has 0 aromatic carbocycles. The van der Waals surface area contributed by atoms with Crippen LogP contribution in [0.5, 0.6) is 0 Å². The fourth-order valence-electron chi connectivity index (χ4n) is 1.73. The van der Waals surface area contributed by atoms with Crippen LogP contribution in [0.4, 0.5) is 11.8 Å². The Morgan fingerprint density at radius 1 is 1.27 bits per heavy atom. The summed E-state index contributed by atoms with van der Waals surface area (Å²) >= 11 is 0. The summed E-state index contributed by atoms with van der Waals surface area (Å²) < 4.78 is 0. The summed E-state index contributed by atoms with van der Waals surface area (Å²) in [6, 6.07) is 0. The standard InChI is InChI=1S/C9H10N6/c10-9-12-7-6(5-11-14-7)8(13-9)15-3-1-2-4-15/h1-2,5H,3-4H2,(H3,10,11,12,13,14). The number of hydrogen-bond donors (Lipinski definition) is 2. The molecular weight excluding hydrogens is 192 g/mol. The highest BCUT2D eigenvalue weighted by atomic mass is 15.2. The first-order chi connectivity index (χ1) is 7.34. The van der Waals surface area contributed by atoms with E-state index >= 15 is 0 Å². The van der Waals surface area contributed by atoms with Crippen LogP contribution in [-0.2, 0) is 0 Å². The zero-order chi connectivity index (χ0) is 10.3. The molecule has 0 amide bonds. The fraction of sp³-hybridized carbons (Fsp3) is 0.222. The van der Waals surface area contributed by atoms with Gasteiger partial charge in [-0.3, -0.25) is 5.10 Å². The van der Waals surface area contributed by atoms with E-state index in [9.17, 15) is 0 Å². The lowest BCUT2D eigenvalue weighted by Gasteiger charge is -2.16. The summed E-state index contributed by atoms with van der Waals surface area (Å²) in [6.45, 7) is 1.72. The SMILES string of the molecule is Nc1nc(N2CC=CC2)c2cn[nH]c2n1. The van der Waals surface area contributed by atoms with Crippen LogP contribution in [0.25, 0.3) is 11.0 Å². The molecule has 0 bridgehead atoms. The lowest BCUT2D eigenvalue weighted by molar-refractivity contribution is 0.973. The third-order valence-electron chi connectivity index (χ3n) is 2.42. The number of fused-ring (bicyclic) bond motifs is 1. The highest BCUT2D eigenvalue weighted by Crippen LogP contribution is 2.24.